The van der Waals surface area contributed by atoms with E-state index in [1.165, 1.54) is 11.8 Å². The maximum Gasteiger partial charge on any atom is 0.234 e. The zero-order chi connectivity index (χ0) is 15.4. The molecule has 0 unspecified atom stereocenters. The summed E-state index contributed by atoms with van der Waals surface area (Å²) in [5.74, 6) is 0.161. The second-order valence-corrected chi connectivity index (χ2v) is 6.37. The first-order valence-corrected chi connectivity index (χ1v) is 8.09. The fourth-order valence-corrected chi connectivity index (χ4v) is 3.11. The maximum absolute atomic E-state index is 12.0. The summed E-state index contributed by atoms with van der Waals surface area (Å²) >= 11 is 4.76. The highest BCUT2D eigenvalue weighted by molar-refractivity contribution is 9.10. The van der Waals surface area contributed by atoms with E-state index in [2.05, 4.69) is 26.2 Å². The first-order valence-electron chi connectivity index (χ1n) is 6.31. The van der Waals surface area contributed by atoms with Gasteiger partial charge in [-0.3, -0.25) is 4.79 Å². The minimum absolute atomic E-state index is 0.0629. The molecule has 0 aliphatic rings. The fourth-order valence-electron chi connectivity index (χ4n) is 1.74. The molecule has 2 aromatic rings. The van der Waals surface area contributed by atoms with Gasteiger partial charge in [0.2, 0.25) is 5.91 Å². The second kappa shape index (κ2) is 7.11. The maximum atomic E-state index is 12.0. The van der Waals surface area contributed by atoms with Gasteiger partial charge >= 0.3 is 0 Å². The Morgan fingerprint density at radius 2 is 2.29 bits per heavy atom. The summed E-state index contributed by atoms with van der Waals surface area (Å²) in [7, 11) is 1.81. The number of carbonyl (C=O) groups is 1. The van der Waals surface area contributed by atoms with Crippen LogP contribution < -0.4 is 5.32 Å². The molecule has 0 bridgehead atoms. The molecule has 0 saturated heterocycles. The molecule has 1 amide bonds. The predicted octanol–water partition coefficient (Wildman–Crippen LogP) is 2.71. The van der Waals surface area contributed by atoms with Crippen LogP contribution in [0.4, 0.5) is 5.69 Å². The minimum atomic E-state index is -0.0990. The number of halogens is 1. The van der Waals surface area contributed by atoms with Crippen molar-refractivity contribution in [1.82, 2.24) is 9.55 Å². The van der Waals surface area contributed by atoms with Gasteiger partial charge in [0.25, 0.3) is 0 Å². The zero-order valence-corrected chi connectivity index (χ0v) is 14.2. The fraction of sp³-hybridized carbons (Fsp3) is 0.286. The molecule has 7 heteroatoms. The highest BCUT2D eigenvalue weighted by Gasteiger charge is 2.10. The Kier molecular flexibility index (Phi) is 5.44. The first-order chi connectivity index (χ1) is 10.0. The number of thioether (sulfide) groups is 1. The Morgan fingerprint density at radius 1 is 1.52 bits per heavy atom. The van der Waals surface area contributed by atoms with Crippen LogP contribution in [0.25, 0.3) is 0 Å². The summed E-state index contributed by atoms with van der Waals surface area (Å²) in [6.45, 7) is 1.93. The second-order valence-electron chi connectivity index (χ2n) is 4.57. The van der Waals surface area contributed by atoms with Gasteiger partial charge in [-0.25, -0.2) is 4.98 Å². The molecule has 0 aliphatic heterocycles. The van der Waals surface area contributed by atoms with Crippen molar-refractivity contribution >= 4 is 39.3 Å². The number of benzene rings is 1. The standard InChI is InChI=1S/C14H16BrN3O2S/c1-9-3-4-12(11(15)5-9)17-13(20)8-21-14-16-6-10(7-19)18(14)2/h3-6,19H,7-8H2,1-2H3,(H,17,20). The van der Waals surface area contributed by atoms with Gasteiger partial charge in [-0.2, -0.15) is 0 Å². The van der Waals surface area contributed by atoms with Crippen molar-refractivity contribution < 1.29 is 9.90 Å². The molecule has 1 heterocycles. The van der Waals surface area contributed by atoms with Crippen molar-refractivity contribution in [2.75, 3.05) is 11.1 Å². The molecule has 2 N–H and O–H groups in total. The molecule has 1 aromatic carbocycles. The molecule has 2 rings (SSSR count). The number of aromatic nitrogens is 2. The number of hydrogen-bond donors (Lipinski definition) is 2. The molecular formula is C14H16BrN3O2S. The van der Waals surface area contributed by atoms with Crippen LogP contribution in [0.3, 0.4) is 0 Å². The summed E-state index contributed by atoms with van der Waals surface area (Å²) in [5, 5.41) is 12.7. The number of anilines is 1. The topological polar surface area (TPSA) is 67.2 Å². The Balaban J connectivity index is 1.94. The third-order valence-corrected chi connectivity index (χ3v) is 4.63. The van der Waals surface area contributed by atoms with Crippen LogP contribution in [-0.2, 0) is 18.4 Å². The monoisotopic (exact) mass is 369 g/mol. The van der Waals surface area contributed by atoms with Crippen molar-refractivity contribution in [3.05, 3.63) is 40.1 Å². The van der Waals surface area contributed by atoms with Crippen LogP contribution in [-0.4, -0.2) is 26.3 Å². The summed E-state index contributed by atoms with van der Waals surface area (Å²) in [5.41, 5.74) is 2.60. The Labute approximate surface area is 135 Å². The number of imidazole rings is 1. The average Bonchev–Trinajstić information content (AvgIpc) is 2.80. The molecule has 0 fully saturated rings. The lowest BCUT2D eigenvalue weighted by Crippen LogP contribution is -2.15. The van der Waals surface area contributed by atoms with Gasteiger partial charge in [0.05, 0.1) is 29.9 Å². The normalized spacial score (nSPS) is 10.7. The van der Waals surface area contributed by atoms with Gasteiger partial charge in [-0.1, -0.05) is 17.8 Å². The number of nitrogens with one attached hydrogen (secondary N) is 1. The van der Waals surface area contributed by atoms with E-state index in [1.807, 2.05) is 32.2 Å². The number of rotatable bonds is 5. The Bertz CT molecular complexity index is 658. The molecule has 5 nitrogen and oxygen atoms in total. The number of aryl methyl sites for hydroxylation is 1. The number of amides is 1. The molecule has 112 valence electrons. The minimum Gasteiger partial charge on any atom is -0.390 e. The molecule has 0 saturated carbocycles. The highest BCUT2D eigenvalue weighted by atomic mass is 79.9. The highest BCUT2D eigenvalue weighted by Crippen LogP contribution is 2.24. The van der Waals surface area contributed by atoms with Crippen LogP contribution in [0.5, 0.6) is 0 Å². The number of aliphatic hydroxyl groups excluding tert-OH is 1. The van der Waals surface area contributed by atoms with Crippen molar-refractivity contribution in [2.24, 2.45) is 7.05 Å². The van der Waals surface area contributed by atoms with Crippen LogP contribution in [0.15, 0.2) is 34.0 Å². The van der Waals surface area contributed by atoms with Gasteiger partial charge in [0, 0.05) is 11.5 Å². The van der Waals surface area contributed by atoms with Gasteiger partial charge in [-0.05, 0) is 40.5 Å². The van der Waals surface area contributed by atoms with Crippen LogP contribution >= 0.6 is 27.7 Å². The molecule has 0 aliphatic carbocycles. The number of aliphatic hydroxyl groups is 1. The van der Waals surface area contributed by atoms with E-state index in [9.17, 15) is 4.79 Å². The van der Waals surface area contributed by atoms with Crippen molar-refractivity contribution in [2.45, 2.75) is 18.7 Å². The lowest BCUT2D eigenvalue weighted by molar-refractivity contribution is -0.113. The van der Waals surface area contributed by atoms with E-state index < -0.39 is 0 Å². The van der Waals surface area contributed by atoms with Crippen molar-refractivity contribution in [3.63, 3.8) is 0 Å². The first kappa shape index (κ1) is 16.1. The van der Waals surface area contributed by atoms with E-state index in [-0.39, 0.29) is 18.3 Å². The summed E-state index contributed by atoms with van der Waals surface area (Å²) < 4.78 is 2.64. The molecule has 0 spiro atoms. The summed E-state index contributed by atoms with van der Waals surface area (Å²) in [6.07, 6.45) is 1.61. The average molecular weight is 370 g/mol. The van der Waals surface area contributed by atoms with E-state index in [0.29, 0.717) is 5.16 Å². The number of nitrogens with zero attached hydrogens (tertiary/aromatic N) is 2. The summed E-state index contributed by atoms with van der Waals surface area (Å²) in [6, 6.07) is 5.77. The van der Waals surface area contributed by atoms with Crippen molar-refractivity contribution in [1.29, 1.82) is 0 Å². The van der Waals surface area contributed by atoms with E-state index in [1.54, 1.807) is 10.8 Å². The third kappa shape index (κ3) is 4.09. The van der Waals surface area contributed by atoms with Gasteiger partial charge < -0.3 is 15.0 Å². The Hall–Kier alpha value is -1.31. The molecule has 1 aromatic heterocycles. The zero-order valence-electron chi connectivity index (χ0n) is 11.8. The lowest BCUT2D eigenvalue weighted by atomic mass is 10.2. The van der Waals surface area contributed by atoms with Crippen LogP contribution in [0.1, 0.15) is 11.3 Å². The SMILES string of the molecule is Cc1ccc(NC(=O)CSc2ncc(CO)n2C)c(Br)c1. The lowest BCUT2D eigenvalue weighted by Gasteiger charge is -2.08. The van der Waals surface area contributed by atoms with Gasteiger partial charge in [-0.15, -0.1) is 0 Å². The van der Waals surface area contributed by atoms with Gasteiger partial charge in [0.15, 0.2) is 5.16 Å². The number of hydrogen-bond acceptors (Lipinski definition) is 4. The quantitative estimate of drug-likeness (QED) is 0.795. The van der Waals surface area contributed by atoms with Crippen molar-refractivity contribution in [3.8, 4) is 0 Å². The largest absolute Gasteiger partial charge is 0.390 e. The van der Waals surface area contributed by atoms with Crippen LogP contribution in [0.2, 0.25) is 0 Å². The third-order valence-electron chi connectivity index (χ3n) is 2.93. The molecule has 21 heavy (non-hydrogen) atoms. The molecular weight excluding hydrogens is 354 g/mol. The number of carbonyl (C=O) groups excluding carboxylic acids is 1. The van der Waals surface area contributed by atoms with E-state index in [0.717, 1.165) is 21.4 Å². The van der Waals surface area contributed by atoms with Gasteiger partial charge in [0.1, 0.15) is 0 Å². The smallest absolute Gasteiger partial charge is 0.234 e. The molecule has 0 radical (unpaired) electrons. The van der Waals surface area contributed by atoms with Crippen LogP contribution in [0, 0.1) is 6.92 Å². The molecule has 0 atom stereocenters. The van der Waals surface area contributed by atoms with E-state index in [4.69, 9.17) is 5.11 Å². The predicted molar refractivity (Wildman–Crippen MR) is 87.4 cm³/mol. The van der Waals surface area contributed by atoms with E-state index >= 15 is 0 Å². The Morgan fingerprint density at radius 3 is 2.90 bits per heavy atom. The summed E-state index contributed by atoms with van der Waals surface area (Å²) in [4.78, 5) is 16.1.